The van der Waals surface area contributed by atoms with Gasteiger partial charge in [-0.05, 0) is 51.3 Å². The number of hydrogen-bond donors (Lipinski definition) is 1. The topological polar surface area (TPSA) is 60.9 Å². The zero-order valence-corrected chi connectivity index (χ0v) is 14.2. The molecule has 1 aliphatic heterocycles. The van der Waals surface area contributed by atoms with Crippen molar-refractivity contribution in [2.75, 3.05) is 26.2 Å². The van der Waals surface area contributed by atoms with E-state index in [0.717, 1.165) is 5.56 Å². The van der Waals surface area contributed by atoms with Gasteiger partial charge in [-0.25, -0.2) is 0 Å². The standard InChI is InChI=1S/C18H26N2O3/c1-4-19-10-11-20(13-16(19)21)17(22)15-7-5-6-14(12-15)8-9-18(2,3)23/h5-7,12,23H,4,8-11,13H2,1-3H3. The van der Waals surface area contributed by atoms with Crippen molar-refractivity contribution in [3.05, 3.63) is 35.4 Å². The Hall–Kier alpha value is -1.88. The summed E-state index contributed by atoms with van der Waals surface area (Å²) in [6.45, 7) is 7.52. The Bertz CT molecular complexity index is 578. The number of nitrogens with zero attached hydrogens (tertiary/aromatic N) is 2. The molecule has 0 atom stereocenters. The smallest absolute Gasteiger partial charge is 0.254 e. The van der Waals surface area contributed by atoms with Gasteiger partial charge in [-0.3, -0.25) is 9.59 Å². The molecule has 0 radical (unpaired) electrons. The quantitative estimate of drug-likeness (QED) is 0.899. The van der Waals surface area contributed by atoms with Crippen LogP contribution in [-0.2, 0) is 11.2 Å². The molecular formula is C18H26N2O3. The van der Waals surface area contributed by atoms with Crippen LogP contribution in [-0.4, -0.2) is 58.5 Å². The fraction of sp³-hybridized carbons (Fsp3) is 0.556. The molecule has 23 heavy (non-hydrogen) atoms. The zero-order chi connectivity index (χ0) is 17.0. The zero-order valence-electron chi connectivity index (χ0n) is 14.2. The van der Waals surface area contributed by atoms with E-state index in [9.17, 15) is 14.7 Å². The molecule has 5 nitrogen and oxygen atoms in total. The fourth-order valence-corrected chi connectivity index (χ4v) is 2.71. The summed E-state index contributed by atoms with van der Waals surface area (Å²) in [5, 5.41) is 9.82. The number of rotatable bonds is 5. The summed E-state index contributed by atoms with van der Waals surface area (Å²) in [4.78, 5) is 27.9. The highest BCUT2D eigenvalue weighted by Crippen LogP contribution is 2.16. The highest BCUT2D eigenvalue weighted by atomic mass is 16.3. The van der Waals surface area contributed by atoms with Crippen molar-refractivity contribution < 1.29 is 14.7 Å². The van der Waals surface area contributed by atoms with Gasteiger partial charge < -0.3 is 14.9 Å². The van der Waals surface area contributed by atoms with Crippen LogP contribution in [0.2, 0.25) is 0 Å². The monoisotopic (exact) mass is 318 g/mol. The van der Waals surface area contributed by atoms with Crippen LogP contribution in [0.3, 0.4) is 0 Å². The van der Waals surface area contributed by atoms with E-state index in [4.69, 9.17) is 0 Å². The largest absolute Gasteiger partial charge is 0.390 e. The molecule has 0 bridgehead atoms. The molecule has 0 aliphatic carbocycles. The highest BCUT2D eigenvalue weighted by molar-refractivity contribution is 5.97. The summed E-state index contributed by atoms with van der Waals surface area (Å²) in [5.74, 6) is -0.0931. The molecular weight excluding hydrogens is 292 g/mol. The van der Waals surface area contributed by atoms with Gasteiger partial charge in [-0.15, -0.1) is 0 Å². The van der Waals surface area contributed by atoms with Gasteiger partial charge in [0, 0.05) is 25.2 Å². The van der Waals surface area contributed by atoms with Crippen LogP contribution in [0.4, 0.5) is 0 Å². The van der Waals surface area contributed by atoms with Crippen molar-refractivity contribution >= 4 is 11.8 Å². The summed E-state index contributed by atoms with van der Waals surface area (Å²) in [5.41, 5.74) is 0.913. The molecule has 1 aromatic carbocycles. The summed E-state index contributed by atoms with van der Waals surface area (Å²) in [6, 6.07) is 7.47. The fourth-order valence-electron chi connectivity index (χ4n) is 2.71. The first kappa shape index (κ1) is 17.5. The van der Waals surface area contributed by atoms with Gasteiger partial charge in [0.25, 0.3) is 5.91 Å². The van der Waals surface area contributed by atoms with Gasteiger partial charge in [0.2, 0.25) is 5.91 Å². The lowest BCUT2D eigenvalue weighted by Gasteiger charge is -2.33. The predicted molar refractivity (Wildman–Crippen MR) is 89.2 cm³/mol. The Kier molecular flexibility index (Phi) is 5.42. The molecule has 5 heteroatoms. The average Bonchev–Trinajstić information content (AvgIpc) is 2.52. The van der Waals surface area contributed by atoms with Crippen molar-refractivity contribution in [2.45, 2.75) is 39.2 Å². The van der Waals surface area contributed by atoms with Crippen molar-refractivity contribution in [3.63, 3.8) is 0 Å². The molecule has 0 saturated carbocycles. The van der Waals surface area contributed by atoms with Gasteiger partial charge in [-0.2, -0.15) is 0 Å². The summed E-state index contributed by atoms with van der Waals surface area (Å²) >= 11 is 0. The van der Waals surface area contributed by atoms with E-state index in [1.54, 1.807) is 29.7 Å². The van der Waals surface area contributed by atoms with E-state index in [1.165, 1.54) is 0 Å². The lowest BCUT2D eigenvalue weighted by Crippen LogP contribution is -2.52. The highest BCUT2D eigenvalue weighted by Gasteiger charge is 2.26. The van der Waals surface area contributed by atoms with Crippen molar-refractivity contribution in [3.8, 4) is 0 Å². The van der Waals surface area contributed by atoms with Crippen LogP contribution in [0.25, 0.3) is 0 Å². The maximum Gasteiger partial charge on any atom is 0.254 e. The first-order chi connectivity index (χ1) is 10.8. The number of benzene rings is 1. The van der Waals surface area contributed by atoms with Gasteiger partial charge in [-0.1, -0.05) is 12.1 Å². The van der Waals surface area contributed by atoms with Crippen molar-refractivity contribution in [1.82, 2.24) is 9.80 Å². The summed E-state index contributed by atoms with van der Waals surface area (Å²) in [7, 11) is 0. The molecule has 0 unspecified atom stereocenters. The second-order valence-corrected chi connectivity index (χ2v) is 6.71. The van der Waals surface area contributed by atoms with Crippen LogP contribution in [0, 0.1) is 0 Å². The molecule has 0 aromatic heterocycles. The molecule has 2 amide bonds. The molecule has 2 rings (SSSR count). The van der Waals surface area contributed by atoms with Crippen LogP contribution in [0.1, 0.15) is 43.1 Å². The van der Waals surface area contributed by atoms with Crippen LogP contribution in [0.15, 0.2) is 24.3 Å². The van der Waals surface area contributed by atoms with E-state index in [1.807, 2.05) is 25.1 Å². The molecule has 1 aliphatic rings. The van der Waals surface area contributed by atoms with Crippen LogP contribution >= 0.6 is 0 Å². The van der Waals surface area contributed by atoms with E-state index >= 15 is 0 Å². The van der Waals surface area contributed by atoms with E-state index in [0.29, 0.717) is 38.0 Å². The lowest BCUT2D eigenvalue weighted by atomic mass is 9.97. The van der Waals surface area contributed by atoms with Gasteiger partial charge in [0.15, 0.2) is 0 Å². The Morgan fingerprint density at radius 2 is 2.04 bits per heavy atom. The second-order valence-electron chi connectivity index (χ2n) is 6.71. The number of piperazine rings is 1. The Labute approximate surface area is 137 Å². The number of aryl methyl sites for hydroxylation is 1. The molecule has 1 saturated heterocycles. The molecule has 0 spiro atoms. The number of carbonyl (C=O) groups is 2. The molecule has 1 N–H and O–H groups in total. The van der Waals surface area contributed by atoms with Crippen molar-refractivity contribution in [2.24, 2.45) is 0 Å². The Balaban J connectivity index is 2.04. The number of likely N-dealkylation sites (N-methyl/N-ethyl adjacent to an activating group) is 1. The maximum absolute atomic E-state index is 12.6. The number of carbonyl (C=O) groups excluding carboxylic acids is 2. The first-order valence-corrected chi connectivity index (χ1v) is 8.18. The third kappa shape index (κ3) is 4.79. The predicted octanol–water partition coefficient (Wildman–Crippen LogP) is 1.69. The minimum Gasteiger partial charge on any atom is -0.390 e. The van der Waals surface area contributed by atoms with Crippen LogP contribution in [0.5, 0.6) is 0 Å². The molecule has 1 fully saturated rings. The number of amides is 2. The Morgan fingerprint density at radius 1 is 1.30 bits per heavy atom. The van der Waals surface area contributed by atoms with Crippen LogP contribution < -0.4 is 0 Å². The summed E-state index contributed by atoms with van der Waals surface area (Å²) < 4.78 is 0. The van der Waals surface area contributed by atoms with Crippen molar-refractivity contribution in [1.29, 1.82) is 0 Å². The second kappa shape index (κ2) is 7.13. The third-order valence-corrected chi connectivity index (χ3v) is 4.19. The molecule has 126 valence electrons. The Morgan fingerprint density at radius 3 is 2.65 bits per heavy atom. The molecule has 1 heterocycles. The van der Waals surface area contributed by atoms with Gasteiger partial charge in [0.1, 0.15) is 6.54 Å². The first-order valence-electron chi connectivity index (χ1n) is 8.18. The minimum absolute atomic E-state index is 0.00489. The van der Waals surface area contributed by atoms with E-state index < -0.39 is 5.60 Å². The normalized spacial score (nSPS) is 15.9. The SMILES string of the molecule is CCN1CCN(C(=O)c2cccc(CCC(C)(C)O)c2)CC1=O. The van der Waals surface area contributed by atoms with Gasteiger partial charge in [0.05, 0.1) is 5.60 Å². The average molecular weight is 318 g/mol. The van der Waals surface area contributed by atoms with Gasteiger partial charge >= 0.3 is 0 Å². The minimum atomic E-state index is -0.719. The lowest BCUT2D eigenvalue weighted by molar-refractivity contribution is -0.134. The number of aliphatic hydroxyl groups is 1. The maximum atomic E-state index is 12.6. The third-order valence-electron chi connectivity index (χ3n) is 4.19. The van der Waals surface area contributed by atoms with E-state index in [-0.39, 0.29) is 18.4 Å². The van der Waals surface area contributed by atoms with E-state index in [2.05, 4.69) is 0 Å². The molecule has 1 aromatic rings. The summed E-state index contributed by atoms with van der Waals surface area (Å²) in [6.07, 6.45) is 1.35. The number of hydrogen-bond acceptors (Lipinski definition) is 3.